The summed E-state index contributed by atoms with van der Waals surface area (Å²) in [6, 6.07) is 18.3. The van der Waals surface area contributed by atoms with E-state index in [1.165, 1.54) is 17.3 Å². The molecule has 1 aliphatic rings. The van der Waals surface area contributed by atoms with Gasteiger partial charge in [-0.15, -0.1) is 0 Å². The molecule has 0 amide bonds. The van der Waals surface area contributed by atoms with Crippen LogP contribution in [0.4, 0.5) is 11.4 Å². The second-order valence-electron chi connectivity index (χ2n) is 5.77. The zero-order valence-electron chi connectivity index (χ0n) is 13.5. The zero-order valence-corrected chi connectivity index (χ0v) is 15.1. The molecule has 3 rings (SSSR count). The zero-order chi connectivity index (χ0) is 17.1. The topological polar surface area (TPSA) is 47.9 Å². The van der Waals surface area contributed by atoms with E-state index in [4.69, 9.17) is 12.2 Å². The fourth-order valence-corrected chi connectivity index (χ4v) is 3.72. The van der Waals surface area contributed by atoms with E-state index in [9.17, 15) is 5.26 Å². The Morgan fingerprint density at radius 1 is 1.17 bits per heavy atom. The molecule has 24 heavy (non-hydrogen) atoms. The maximum Gasteiger partial charge on any atom is 0.124 e. The van der Waals surface area contributed by atoms with Crippen molar-refractivity contribution in [1.29, 1.82) is 5.26 Å². The normalized spacial score (nSPS) is 14.6. The Hall–Kier alpha value is -2.29. The second-order valence-corrected chi connectivity index (χ2v) is 7.23. The molecule has 0 unspecified atom stereocenters. The van der Waals surface area contributed by atoms with Crippen molar-refractivity contribution >= 4 is 40.3 Å². The van der Waals surface area contributed by atoms with E-state index in [2.05, 4.69) is 42.7 Å². The number of rotatable bonds is 3. The standard InChI is InChI=1S/C19H17N3S2/c1-12(2)13-7-9-14(10-8-13)21-18(23)15(11-20)19-22-16-5-3-4-6-17(16)24-19/h3-10,12,22H,1-2H3,(H,21,23)/b19-15+. The Morgan fingerprint density at radius 3 is 2.50 bits per heavy atom. The maximum atomic E-state index is 9.54. The van der Waals surface area contributed by atoms with Crippen molar-refractivity contribution in [3.8, 4) is 6.07 Å². The highest BCUT2D eigenvalue weighted by atomic mass is 32.2. The lowest BCUT2D eigenvalue weighted by Crippen LogP contribution is -2.14. The Kier molecular flexibility index (Phi) is 4.89. The average Bonchev–Trinajstić information content (AvgIpc) is 2.99. The van der Waals surface area contributed by atoms with Crippen LogP contribution in [0.15, 0.2) is 64.0 Å². The minimum Gasteiger partial charge on any atom is -0.348 e. The molecule has 0 saturated heterocycles. The first-order valence-electron chi connectivity index (χ1n) is 7.68. The van der Waals surface area contributed by atoms with Gasteiger partial charge in [0, 0.05) is 10.6 Å². The minimum absolute atomic E-state index is 0.428. The first kappa shape index (κ1) is 16.6. The van der Waals surface area contributed by atoms with Crippen molar-refractivity contribution in [2.75, 3.05) is 10.6 Å². The molecule has 0 spiro atoms. The van der Waals surface area contributed by atoms with Gasteiger partial charge in [-0.1, -0.05) is 62.1 Å². The molecule has 1 heterocycles. The summed E-state index contributed by atoms with van der Waals surface area (Å²) in [5.74, 6) is 0.486. The van der Waals surface area contributed by atoms with Gasteiger partial charge in [0.05, 0.1) is 10.7 Å². The number of benzene rings is 2. The lowest BCUT2D eigenvalue weighted by molar-refractivity contribution is 0.867. The van der Waals surface area contributed by atoms with Crippen LogP contribution in [0.5, 0.6) is 0 Å². The molecule has 0 fully saturated rings. The van der Waals surface area contributed by atoms with Crippen LogP contribution in [0.2, 0.25) is 0 Å². The van der Waals surface area contributed by atoms with Gasteiger partial charge in [0.2, 0.25) is 0 Å². The highest BCUT2D eigenvalue weighted by Gasteiger charge is 2.21. The summed E-state index contributed by atoms with van der Waals surface area (Å²) in [7, 11) is 0. The van der Waals surface area contributed by atoms with E-state index in [1.54, 1.807) is 0 Å². The Bertz CT molecular complexity index is 819. The Morgan fingerprint density at radius 2 is 1.88 bits per heavy atom. The van der Waals surface area contributed by atoms with Crippen LogP contribution in [-0.4, -0.2) is 4.99 Å². The van der Waals surface area contributed by atoms with Crippen LogP contribution < -0.4 is 10.6 Å². The number of fused-ring (bicyclic) bond motifs is 1. The molecule has 2 aromatic rings. The monoisotopic (exact) mass is 351 g/mol. The summed E-state index contributed by atoms with van der Waals surface area (Å²) in [5, 5.41) is 16.7. The predicted octanol–water partition coefficient (Wildman–Crippen LogP) is 5.50. The summed E-state index contributed by atoms with van der Waals surface area (Å²) in [4.78, 5) is 1.53. The molecule has 3 nitrogen and oxygen atoms in total. The molecule has 0 bridgehead atoms. The van der Waals surface area contributed by atoms with Gasteiger partial charge in [-0.05, 0) is 35.7 Å². The van der Waals surface area contributed by atoms with Gasteiger partial charge in [0.25, 0.3) is 0 Å². The number of thiocarbonyl (C=S) groups is 1. The summed E-state index contributed by atoms with van der Waals surface area (Å²) in [6.45, 7) is 4.32. The number of nitrogens with zero attached hydrogens (tertiary/aromatic N) is 1. The third kappa shape index (κ3) is 3.45. The van der Waals surface area contributed by atoms with E-state index >= 15 is 0 Å². The smallest absolute Gasteiger partial charge is 0.124 e. The second kappa shape index (κ2) is 7.08. The maximum absolute atomic E-state index is 9.54. The summed E-state index contributed by atoms with van der Waals surface area (Å²) in [5.41, 5.74) is 3.63. The van der Waals surface area contributed by atoms with Crippen LogP contribution in [0, 0.1) is 11.3 Å². The Balaban J connectivity index is 1.79. The van der Waals surface area contributed by atoms with E-state index < -0.39 is 0 Å². The van der Waals surface area contributed by atoms with E-state index in [-0.39, 0.29) is 0 Å². The van der Waals surface area contributed by atoms with Crippen molar-refractivity contribution in [3.63, 3.8) is 0 Å². The van der Waals surface area contributed by atoms with Gasteiger partial charge in [0.1, 0.15) is 16.6 Å². The number of thioether (sulfide) groups is 1. The van der Waals surface area contributed by atoms with Gasteiger partial charge >= 0.3 is 0 Å². The van der Waals surface area contributed by atoms with Gasteiger partial charge < -0.3 is 10.6 Å². The van der Waals surface area contributed by atoms with Crippen LogP contribution in [0.25, 0.3) is 0 Å². The van der Waals surface area contributed by atoms with Crippen LogP contribution in [-0.2, 0) is 0 Å². The molecule has 2 aromatic carbocycles. The number of hydrogen-bond acceptors (Lipinski definition) is 4. The first-order valence-corrected chi connectivity index (χ1v) is 8.90. The lowest BCUT2D eigenvalue weighted by Gasteiger charge is -2.11. The highest BCUT2D eigenvalue weighted by Crippen LogP contribution is 2.42. The number of para-hydroxylation sites is 1. The van der Waals surface area contributed by atoms with Gasteiger partial charge in [-0.3, -0.25) is 0 Å². The molecule has 0 aliphatic carbocycles. The fraction of sp³-hybridized carbons (Fsp3) is 0.158. The lowest BCUT2D eigenvalue weighted by atomic mass is 10.0. The molecule has 1 aliphatic heterocycles. The molecule has 120 valence electrons. The number of nitrogens with one attached hydrogen (secondary N) is 2. The molecule has 0 aromatic heterocycles. The van der Waals surface area contributed by atoms with Crippen molar-refractivity contribution in [3.05, 3.63) is 64.7 Å². The summed E-state index contributed by atoms with van der Waals surface area (Å²) in [6.07, 6.45) is 0. The highest BCUT2D eigenvalue weighted by molar-refractivity contribution is 8.03. The number of hydrogen-bond donors (Lipinski definition) is 2. The minimum atomic E-state index is 0.428. The fourth-order valence-electron chi connectivity index (χ4n) is 2.38. The van der Waals surface area contributed by atoms with Crippen molar-refractivity contribution in [1.82, 2.24) is 0 Å². The first-order chi connectivity index (χ1) is 11.6. The van der Waals surface area contributed by atoms with E-state index in [0.29, 0.717) is 16.5 Å². The molecule has 0 radical (unpaired) electrons. The van der Waals surface area contributed by atoms with Gasteiger partial charge in [-0.25, -0.2) is 0 Å². The molecule has 5 heteroatoms. The quantitative estimate of drug-likeness (QED) is 0.434. The average molecular weight is 352 g/mol. The van der Waals surface area contributed by atoms with Crippen LogP contribution in [0.1, 0.15) is 25.3 Å². The summed E-state index contributed by atoms with van der Waals surface area (Å²) < 4.78 is 0. The van der Waals surface area contributed by atoms with E-state index in [0.717, 1.165) is 21.3 Å². The SMILES string of the molecule is CC(C)c1ccc(NC(=S)/C(C#N)=C2\Nc3ccccc3S2)cc1. The van der Waals surface area contributed by atoms with Gasteiger partial charge in [-0.2, -0.15) is 5.26 Å². The van der Waals surface area contributed by atoms with Crippen molar-refractivity contribution in [2.24, 2.45) is 0 Å². The third-order valence-corrected chi connectivity index (χ3v) is 5.14. The van der Waals surface area contributed by atoms with Crippen molar-refractivity contribution in [2.45, 2.75) is 24.7 Å². The molecular weight excluding hydrogens is 334 g/mol. The van der Waals surface area contributed by atoms with Crippen LogP contribution in [0.3, 0.4) is 0 Å². The van der Waals surface area contributed by atoms with Gasteiger partial charge in [0.15, 0.2) is 0 Å². The molecule has 2 N–H and O–H groups in total. The van der Waals surface area contributed by atoms with E-state index in [1.807, 2.05) is 36.4 Å². The van der Waals surface area contributed by atoms with Crippen molar-refractivity contribution < 1.29 is 0 Å². The third-order valence-electron chi connectivity index (χ3n) is 3.75. The predicted molar refractivity (Wildman–Crippen MR) is 105 cm³/mol. The number of anilines is 2. The summed E-state index contributed by atoms with van der Waals surface area (Å²) >= 11 is 6.98. The molecular formula is C19H17N3S2. The molecule has 0 atom stereocenters. The Labute approximate surface area is 151 Å². The largest absolute Gasteiger partial charge is 0.348 e. The van der Waals surface area contributed by atoms with Crippen LogP contribution >= 0.6 is 24.0 Å². The molecule has 0 saturated carbocycles. The number of nitriles is 1.